The molecule has 1 aromatic heterocycles. The molecule has 2 fully saturated rings. The smallest absolute Gasteiger partial charge is 0.133 e. The zero-order chi connectivity index (χ0) is 14.5. The number of morpholine rings is 1. The molecule has 4 nitrogen and oxygen atoms in total. The molecule has 1 aromatic carbocycles. The molecule has 2 bridgehead atoms. The van der Waals surface area contributed by atoms with Crippen molar-refractivity contribution < 1.29 is 4.74 Å². The van der Waals surface area contributed by atoms with Crippen molar-refractivity contribution in [2.24, 2.45) is 0 Å². The average Bonchev–Trinajstić information content (AvgIpc) is 3.13. The molecule has 4 heterocycles. The van der Waals surface area contributed by atoms with Gasteiger partial charge in [0.25, 0.3) is 0 Å². The lowest BCUT2D eigenvalue weighted by Gasteiger charge is -2.29. The van der Waals surface area contributed by atoms with Crippen LogP contribution in [0.1, 0.15) is 17.5 Å². The standard InChI is InChI=1S/C18H19N3O/c1-2-12-3-4-13-8-14(21-10-16-9-15(21)11-22-16)5-6-17(13)20-18(12)19-7-1/h1-2,5-8,15-16H,3-4,9-11H2,(H,19,20)/t15?,16-/m0/s1. The summed E-state index contributed by atoms with van der Waals surface area (Å²) in [6, 6.07) is 11.6. The summed E-state index contributed by atoms with van der Waals surface area (Å²) in [6.45, 7) is 1.92. The first-order chi connectivity index (χ1) is 10.9. The van der Waals surface area contributed by atoms with E-state index in [1.54, 1.807) is 0 Å². The first-order valence-electron chi connectivity index (χ1n) is 8.09. The number of nitrogens with zero attached hydrogens (tertiary/aromatic N) is 2. The molecule has 2 atom stereocenters. The number of nitrogens with one attached hydrogen (secondary N) is 1. The second kappa shape index (κ2) is 4.71. The van der Waals surface area contributed by atoms with Crippen LogP contribution in [-0.4, -0.2) is 30.3 Å². The normalized spacial score (nSPS) is 25.4. The minimum Gasteiger partial charge on any atom is -0.374 e. The van der Waals surface area contributed by atoms with Crippen molar-refractivity contribution in [3.05, 3.63) is 47.7 Å². The number of aromatic nitrogens is 1. The van der Waals surface area contributed by atoms with Crippen LogP contribution in [0.5, 0.6) is 0 Å². The third kappa shape index (κ3) is 1.91. The fourth-order valence-electron chi connectivity index (χ4n) is 3.95. The van der Waals surface area contributed by atoms with Gasteiger partial charge in [0, 0.05) is 24.1 Å². The maximum absolute atomic E-state index is 5.72. The predicted molar refractivity (Wildman–Crippen MR) is 86.9 cm³/mol. The van der Waals surface area contributed by atoms with E-state index in [0.717, 1.165) is 31.8 Å². The van der Waals surface area contributed by atoms with Crippen LogP contribution in [0.15, 0.2) is 36.5 Å². The third-order valence-electron chi connectivity index (χ3n) is 5.13. The van der Waals surface area contributed by atoms with Crippen molar-refractivity contribution in [1.29, 1.82) is 0 Å². The highest BCUT2D eigenvalue weighted by Crippen LogP contribution is 2.36. The van der Waals surface area contributed by atoms with E-state index in [4.69, 9.17) is 4.74 Å². The molecule has 0 radical (unpaired) electrons. The largest absolute Gasteiger partial charge is 0.374 e. The molecule has 5 rings (SSSR count). The molecule has 0 spiro atoms. The Labute approximate surface area is 130 Å². The minimum absolute atomic E-state index is 0.440. The first-order valence-corrected chi connectivity index (χ1v) is 8.09. The number of pyridine rings is 1. The third-order valence-corrected chi connectivity index (χ3v) is 5.13. The van der Waals surface area contributed by atoms with Gasteiger partial charge in [0.1, 0.15) is 5.82 Å². The van der Waals surface area contributed by atoms with Gasteiger partial charge in [-0.1, -0.05) is 6.07 Å². The summed E-state index contributed by atoms with van der Waals surface area (Å²) >= 11 is 0. The molecule has 0 aliphatic carbocycles. The molecule has 112 valence electrons. The van der Waals surface area contributed by atoms with E-state index in [9.17, 15) is 0 Å². The number of hydrogen-bond donors (Lipinski definition) is 1. The summed E-state index contributed by atoms with van der Waals surface area (Å²) in [4.78, 5) is 6.99. The molecule has 0 amide bonds. The molecular weight excluding hydrogens is 274 g/mol. The number of anilines is 3. The van der Waals surface area contributed by atoms with Crippen LogP contribution in [0.4, 0.5) is 17.2 Å². The van der Waals surface area contributed by atoms with Crippen LogP contribution in [0.25, 0.3) is 0 Å². The SMILES string of the molecule is c1cnc2c(c1)CCc1cc(N3C[C@@H]4CC3CO4)ccc1N2. The average molecular weight is 293 g/mol. The van der Waals surface area contributed by atoms with Crippen molar-refractivity contribution in [3.63, 3.8) is 0 Å². The Morgan fingerprint density at radius 2 is 2.14 bits per heavy atom. The Hall–Kier alpha value is -2.07. The molecular formula is C18H19N3O. The number of fused-ring (bicyclic) bond motifs is 4. The highest BCUT2D eigenvalue weighted by Gasteiger charge is 2.39. The van der Waals surface area contributed by atoms with Gasteiger partial charge >= 0.3 is 0 Å². The molecule has 2 saturated heterocycles. The minimum atomic E-state index is 0.440. The van der Waals surface area contributed by atoms with E-state index in [0.29, 0.717) is 12.1 Å². The number of ether oxygens (including phenoxy) is 1. The second-order valence-electron chi connectivity index (χ2n) is 6.47. The van der Waals surface area contributed by atoms with Crippen LogP contribution >= 0.6 is 0 Å². The fourth-order valence-corrected chi connectivity index (χ4v) is 3.95. The van der Waals surface area contributed by atoms with Crippen molar-refractivity contribution in [2.45, 2.75) is 31.4 Å². The molecule has 4 heteroatoms. The molecule has 22 heavy (non-hydrogen) atoms. The van der Waals surface area contributed by atoms with E-state index in [1.165, 1.54) is 28.9 Å². The predicted octanol–water partition coefficient (Wildman–Crippen LogP) is 2.90. The van der Waals surface area contributed by atoms with E-state index in [-0.39, 0.29) is 0 Å². The summed E-state index contributed by atoms with van der Waals surface area (Å²) < 4.78 is 5.72. The van der Waals surface area contributed by atoms with Crippen LogP contribution in [0.3, 0.4) is 0 Å². The number of aryl methyl sites for hydroxylation is 2. The lowest BCUT2D eigenvalue weighted by atomic mass is 10.0. The van der Waals surface area contributed by atoms with Gasteiger partial charge in [-0.2, -0.15) is 0 Å². The molecule has 0 saturated carbocycles. The highest BCUT2D eigenvalue weighted by molar-refractivity contribution is 5.69. The number of rotatable bonds is 1. The van der Waals surface area contributed by atoms with Crippen LogP contribution in [0, 0.1) is 0 Å². The lowest BCUT2D eigenvalue weighted by molar-refractivity contribution is 0.0991. The van der Waals surface area contributed by atoms with E-state index < -0.39 is 0 Å². The Kier molecular flexibility index (Phi) is 2.67. The zero-order valence-electron chi connectivity index (χ0n) is 12.5. The Bertz CT molecular complexity index is 730. The molecule has 3 aliphatic heterocycles. The second-order valence-corrected chi connectivity index (χ2v) is 6.47. The van der Waals surface area contributed by atoms with Crippen LogP contribution in [0.2, 0.25) is 0 Å². The quantitative estimate of drug-likeness (QED) is 0.877. The molecule has 3 aliphatic rings. The highest BCUT2D eigenvalue weighted by atomic mass is 16.5. The Morgan fingerprint density at radius 1 is 1.18 bits per heavy atom. The number of benzene rings is 1. The van der Waals surface area contributed by atoms with Gasteiger partial charge in [-0.3, -0.25) is 0 Å². The topological polar surface area (TPSA) is 37.4 Å². The van der Waals surface area contributed by atoms with Crippen molar-refractivity contribution >= 4 is 17.2 Å². The fraction of sp³-hybridized carbons (Fsp3) is 0.389. The van der Waals surface area contributed by atoms with Gasteiger partial charge < -0.3 is 15.0 Å². The summed E-state index contributed by atoms with van der Waals surface area (Å²) in [6.07, 6.45) is 5.58. The van der Waals surface area contributed by atoms with Crippen molar-refractivity contribution in [2.75, 3.05) is 23.4 Å². The van der Waals surface area contributed by atoms with Gasteiger partial charge in [-0.15, -0.1) is 0 Å². The lowest BCUT2D eigenvalue weighted by Crippen LogP contribution is -2.36. The molecule has 1 unspecified atom stereocenters. The molecule has 2 aromatic rings. The maximum atomic E-state index is 5.72. The van der Waals surface area contributed by atoms with Crippen LogP contribution < -0.4 is 10.2 Å². The summed E-state index contributed by atoms with van der Waals surface area (Å²) in [5.74, 6) is 1.00. The van der Waals surface area contributed by atoms with Gasteiger partial charge in [0.05, 0.1) is 18.8 Å². The summed E-state index contributed by atoms with van der Waals surface area (Å²) in [5, 5.41) is 3.50. The Balaban J connectivity index is 1.48. The number of hydrogen-bond acceptors (Lipinski definition) is 4. The Morgan fingerprint density at radius 3 is 3.00 bits per heavy atom. The summed E-state index contributed by atoms with van der Waals surface area (Å²) in [5.41, 5.74) is 5.23. The monoisotopic (exact) mass is 293 g/mol. The van der Waals surface area contributed by atoms with Crippen molar-refractivity contribution in [3.8, 4) is 0 Å². The van der Waals surface area contributed by atoms with Gasteiger partial charge in [-0.25, -0.2) is 4.98 Å². The maximum Gasteiger partial charge on any atom is 0.133 e. The zero-order valence-corrected chi connectivity index (χ0v) is 12.5. The van der Waals surface area contributed by atoms with E-state index in [2.05, 4.69) is 39.5 Å². The van der Waals surface area contributed by atoms with Gasteiger partial charge in [-0.05, 0) is 54.7 Å². The van der Waals surface area contributed by atoms with Crippen molar-refractivity contribution in [1.82, 2.24) is 4.98 Å². The van der Waals surface area contributed by atoms with Gasteiger partial charge in [0.15, 0.2) is 0 Å². The first kappa shape index (κ1) is 12.5. The molecule has 1 N–H and O–H groups in total. The van der Waals surface area contributed by atoms with E-state index >= 15 is 0 Å². The van der Waals surface area contributed by atoms with E-state index in [1.807, 2.05) is 12.3 Å². The summed E-state index contributed by atoms with van der Waals surface area (Å²) in [7, 11) is 0. The van der Waals surface area contributed by atoms with Crippen LogP contribution in [-0.2, 0) is 17.6 Å². The van der Waals surface area contributed by atoms with Gasteiger partial charge in [0.2, 0.25) is 0 Å².